The molecule has 21 heavy (non-hydrogen) atoms. The van der Waals surface area contributed by atoms with E-state index < -0.39 is 0 Å². The fourth-order valence-corrected chi connectivity index (χ4v) is 5.39. The first kappa shape index (κ1) is 13.2. The quantitative estimate of drug-likeness (QED) is 0.793. The highest BCUT2D eigenvalue weighted by atomic mass is 16.6. The smallest absolute Gasteiger partial charge is 0.269 e. The van der Waals surface area contributed by atoms with Crippen LogP contribution in [0.15, 0.2) is 9.95 Å². The van der Waals surface area contributed by atoms with Crippen LogP contribution in [-0.2, 0) is 23.7 Å². The minimum absolute atomic E-state index is 0.00160. The second kappa shape index (κ2) is 3.81. The fraction of sp³-hybridized carbons (Fsp3) is 0.750. The van der Waals surface area contributed by atoms with Gasteiger partial charge in [-0.2, -0.15) is 0 Å². The van der Waals surface area contributed by atoms with Gasteiger partial charge in [0.2, 0.25) is 0 Å². The lowest BCUT2D eigenvalue weighted by Gasteiger charge is -2.56. The van der Waals surface area contributed by atoms with Gasteiger partial charge in [-0.1, -0.05) is 25.9 Å². The molecule has 2 aliphatic carbocycles. The summed E-state index contributed by atoms with van der Waals surface area (Å²) in [5.74, 6) is 0.842. The first-order valence-electron chi connectivity index (χ1n) is 7.83. The summed E-state index contributed by atoms with van der Waals surface area (Å²) in [5.41, 5.74) is 2.33. The zero-order chi connectivity index (χ0) is 15.0. The Morgan fingerprint density at radius 2 is 2.19 bits per heavy atom. The Kier molecular flexibility index (Phi) is 2.39. The van der Waals surface area contributed by atoms with Crippen LogP contribution in [0, 0.1) is 17.3 Å². The van der Waals surface area contributed by atoms with E-state index in [1.165, 1.54) is 0 Å². The molecule has 0 radical (unpaired) electrons. The van der Waals surface area contributed by atoms with Gasteiger partial charge in [0, 0.05) is 35.1 Å². The molecule has 5 nitrogen and oxygen atoms in total. The molecule has 4 atom stereocenters. The summed E-state index contributed by atoms with van der Waals surface area (Å²) in [6, 6.07) is 0. The number of oxime groups is 1. The van der Waals surface area contributed by atoms with Gasteiger partial charge in [0.15, 0.2) is 0 Å². The normalized spacial score (nSPS) is 39.3. The summed E-state index contributed by atoms with van der Waals surface area (Å²) in [6.45, 7) is 6.91. The molecule has 2 heterocycles. The summed E-state index contributed by atoms with van der Waals surface area (Å²) < 4.78 is 1.64. The van der Waals surface area contributed by atoms with Crippen molar-refractivity contribution in [3.63, 3.8) is 0 Å². The lowest BCUT2D eigenvalue weighted by Crippen LogP contribution is -2.57. The van der Waals surface area contributed by atoms with Crippen molar-refractivity contribution >= 4 is 6.21 Å². The topological polar surface area (TPSA) is 59.4 Å². The number of aromatic nitrogens is 2. The summed E-state index contributed by atoms with van der Waals surface area (Å²) >= 11 is 0. The Bertz CT molecular complexity index is 684. The molecule has 0 spiro atoms. The molecule has 0 bridgehead atoms. The van der Waals surface area contributed by atoms with E-state index in [0.29, 0.717) is 11.8 Å². The number of nitrogens with one attached hydrogen (secondary N) is 1. The first-order valence-corrected chi connectivity index (χ1v) is 7.83. The third-order valence-electron chi connectivity index (χ3n) is 6.27. The van der Waals surface area contributed by atoms with Gasteiger partial charge in [0.1, 0.15) is 6.10 Å². The summed E-state index contributed by atoms with van der Waals surface area (Å²) in [6.07, 6.45) is 5.06. The lowest BCUT2D eigenvalue weighted by atomic mass is 9.48. The van der Waals surface area contributed by atoms with Crippen LogP contribution in [0.4, 0.5) is 0 Å². The SMILES string of the molecule is Cn1[nH]c2c(c1=O)CC[C@H]1C(C)(C)C3ON=CC3C[C@]21C. The molecule has 1 aromatic heterocycles. The van der Waals surface area contributed by atoms with Gasteiger partial charge in [0.05, 0.1) is 6.21 Å². The number of hydrogen-bond donors (Lipinski definition) is 1. The molecular formula is C16H23N3O2. The van der Waals surface area contributed by atoms with E-state index in [0.717, 1.165) is 30.5 Å². The van der Waals surface area contributed by atoms with Gasteiger partial charge in [-0.25, -0.2) is 0 Å². The maximum atomic E-state index is 12.3. The lowest BCUT2D eigenvalue weighted by molar-refractivity contribution is -0.111. The van der Waals surface area contributed by atoms with E-state index in [9.17, 15) is 4.79 Å². The number of aryl methyl sites for hydroxylation is 1. The van der Waals surface area contributed by atoms with E-state index in [4.69, 9.17) is 4.84 Å². The fourth-order valence-electron chi connectivity index (χ4n) is 5.39. The molecular weight excluding hydrogens is 266 g/mol. The molecule has 1 saturated carbocycles. The van der Waals surface area contributed by atoms with E-state index in [-0.39, 0.29) is 22.5 Å². The maximum Gasteiger partial charge on any atom is 0.269 e. The molecule has 4 rings (SSSR count). The number of rotatable bonds is 0. The molecule has 1 aromatic rings. The number of H-pyrrole nitrogens is 1. The van der Waals surface area contributed by atoms with Crippen molar-refractivity contribution in [2.75, 3.05) is 0 Å². The van der Waals surface area contributed by atoms with Crippen LogP contribution >= 0.6 is 0 Å². The van der Waals surface area contributed by atoms with Crippen molar-refractivity contribution in [2.24, 2.45) is 29.5 Å². The largest absolute Gasteiger partial charge is 0.392 e. The Labute approximate surface area is 124 Å². The Balaban J connectivity index is 1.89. The number of aromatic amines is 1. The van der Waals surface area contributed by atoms with Crippen molar-refractivity contribution < 1.29 is 4.84 Å². The van der Waals surface area contributed by atoms with Crippen molar-refractivity contribution in [1.82, 2.24) is 9.78 Å². The first-order chi connectivity index (χ1) is 9.85. The van der Waals surface area contributed by atoms with Crippen molar-refractivity contribution in [3.05, 3.63) is 21.6 Å². The van der Waals surface area contributed by atoms with Crippen LogP contribution in [0.3, 0.4) is 0 Å². The third-order valence-corrected chi connectivity index (χ3v) is 6.27. The van der Waals surface area contributed by atoms with Crippen molar-refractivity contribution in [2.45, 2.75) is 51.6 Å². The Morgan fingerprint density at radius 1 is 1.43 bits per heavy atom. The van der Waals surface area contributed by atoms with Gasteiger partial charge in [-0.15, -0.1) is 0 Å². The number of fused-ring (bicyclic) bond motifs is 4. The van der Waals surface area contributed by atoms with Crippen LogP contribution in [0.2, 0.25) is 0 Å². The molecule has 5 heteroatoms. The highest BCUT2D eigenvalue weighted by Crippen LogP contribution is 2.59. The predicted molar refractivity (Wildman–Crippen MR) is 80.4 cm³/mol. The van der Waals surface area contributed by atoms with E-state index >= 15 is 0 Å². The summed E-state index contributed by atoms with van der Waals surface area (Å²) in [5, 5.41) is 7.43. The monoisotopic (exact) mass is 289 g/mol. The molecule has 2 unspecified atom stereocenters. The molecule has 1 fully saturated rings. The molecule has 0 aromatic carbocycles. The third kappa shape index (κ3) is 1.47. The molecule has 3 aliphatic rings. The standard InChI is InChI=1S/C16H23N3O2/c1-15(2)11-6-5-10-12(18-19(4)14(10)20)16(11,3)7-9-8-17-21-13(9)15/h8-9,11,13,18H,5-7H2,1-4H3/t9?,11-,13?,16-/m0/s1. The second-order valence-electron chi connectivity index (χ2n) is 7.81. The van der Waals surface area contributed by atoms with Gasteiger partial charge in [0.25, 0.3) is 5.56 Å². The molecule has 0 amide bonds. The molecule has 1 aliphatic heterocycles. The molecule has 1 N–H and O–H groups in total. The summed E-state index contributed by atoms with van der Waals surface area (Å²) in [7, 11) is 1.82. The van der Waals surface area contributed by atoms with Gasteiger partial charge in [-0.05, 0) is 25.2 Å². The predicted octanol–water partition coefficient (Wildman–Crippen LogP) is 1.96. The van der Waals surface area contributed by atoms with E-state index in [2.05, 4.69) is 31.0 Å². The molecule has 0 saturated heterocycles. The van der Waals surface area contributed by atoms with Crippen LogP contribution in [0.25, 0.3) is 0 Å². The average molecular weight is 289 g/mol. The van der Waals surface area contributed by atoms with Gasteiger partial charge in [-0.3, -0.25) is 14.6 Å². The zero-order valence-corrected chi connectivity index (χ0v) is 13.1. The van der Waals surface area contributed by atoms with Crippen molar-refractivity contribution in [3.8, 4) is 0 Å². The molecule has 114 valence electrons. The number of nitrogens with zero attached hydrogens (tertiary/aromatic N) is 2. The van der Waals surface area contributed by atoms with E-state index in [1.807, 2.05) is 13.3 Å². The van der Waals surface area contributed by atoms with Crippen LogP contribution < -0.4 is 5.56 Å². The Morgan fingerprint density at radius 3 is 2.95 bits per heavy atom. The maximum absolute atomic E-state index is 12.3. The minimum Gasteiger partial charge on any atom is -0.392 e. The van der Waals surface area contributed by atoms with Gasteiger partial charge >= 0.3 is 0 Å². The minimum atomic E-state index is -0.00160. The van der Waals surface area contributed by atoms with Crippen LogP contribution in [-0.4, -0.2) is 22.1 Å². The highest BCUT2D eigenvalue weighted by molar-refractivity contribution is 5.64. The van der Waals surface area contributed by atoms with Crippen LogP contribution in [0.5, 0.6) is 0 Å². The summed E-state index contributed by atoms with van der Waals surface area (Å²) in [4.78, 5) is 18.0. The number of hydrogen-bond acceptors (Lipinski definition) is 3. The Hall–Kier alpha value is -1.52. The van der Waals surface area contributed by atoms with Gasteiger partial charge < -0.3 is 4.84 Å². The van der Waals surface area contributed by atoms with Crippen molar-refractivity contribution in [1.29, 1.82) is 0 Å². The van der Waals surface area contributed by atoms with E-state index in [1.54, 1.807) is 4.68 Å². The zero-order valence-electron chi connectivity index (χ0n) is 13.1. The van der Waals surface area contributed by atoms with Crippen LogP contribution in [0.1, 0.15) is 44.9 Å². The average Bonchev–Trinajstić information content (AvgIpc) is 2.97. The second-order valence-corrected chi connectivity index (χ2v) is 7.81. The highest BCUT2D eigenvalue weighted by Gasteiger charge is 2.60.